The summed E-state index contributed by atoms with van der Waals surface area (Å²) >= 11 is 6.26. The predicted octanol–water partition coefficient (Wildman–Crippen LogP) is 4.32. The highest BCUT2D eigenvalue weighted by Crippen LogP contribution is 2.37. The van der Waals surface area contributed by atoms with E-state index in [0.29, 0.717) is 24.6 Å². The topological polar surface area (TPSA) is 58.6 Å². The fraction of sp³-hybridized carbons (Fsp3) is 0.304. The first-order chi connectivity index (χ1) is 14.1. The van der Waals surface area contributed by atoms with Crippen molar-refractivity contribution in [3.63, 3.8) is 0 Å². The van der Waals surface area contributed by atoms with E-state index in [9.17, 15) is 9.59 Å². The third kappa shape index (κ3) is 5.46. The molecule has 1 heterocycles. The second-order valence-electron chi connectivity index (χ2n) is 6.75. The van der Waals surface area contributed by atoms with Crippen LogP contribution in [-0.4, -0.2) is 38.0 Å². The SMILES string of the molecule is CCOC(=O)/C=C/CNCCCN1c2cc(Cl)ccc2CC(=O)c2ccccc21. The van der Waals surface area contributed by atoms with Crippen LogP contribution >= 0.6 is 11.6 Å². The third-order valence-corrected chi connectivity index (χ3v) is 4.96. The van der Waals surface area contributed by atoms with Gasteiger partial charge in [0, 0.05) is 41.9 Å². The number of benzene rings is 2. The molecule has 152 valence electrons. The minimum Gasteiger partial charge on any atom is -0.463 e. The van der Waals surface area contributed by atoms with Gasteiger partial charge >= 0.3 is 5.97 Å². The minimum atomic E-state index is -0.325. The molecule has 0 aromatic heterocycles. The van der Waals surface area contributed by atoms with E-state index >= 15 is 0 Å². The molecule has 1 N–H and O–H groups in total. The lowest BCUT2D eigenvalue weighted by atomic mass is 10.0. The molecular weight excluding hydrogens is 388 g/mol. The predicted molar refractivity (Wildman–Crippen MR) is 116 cm³/mol. The quantitative estimate of drug-likeness (QED) is 0.397. The molecule has 0 bridgehead atoms. The van der Waals surface area contributed by atoms with Crippen molar-refractivity contribution in [2.75, 3.05) is 31.1 Å². The van der Waals surface area contributed by atoms with Crippen LogP contribution in [0.2, 0.25) is 5.02 Å². The Labute approximate surface area is 176 Å². The molecule has 0 fully saturated rings. The van der Waals surface area contributed by atoms with Crippen molar-refractivity contribution in [2.45, 2.75) is 19.8 Å². The number of hydrogen-bond donors (Lipinski definition) is 1. The van der Waals surface area contributed by atoms with Gasteiger partial charge in [0.25, 0.3) is 0 Å². The van der Waals surface area contributed by atoms with Crippen LogP contribution < -0.4 is 10.2 Å². The number of ketones is 1. The normalized spacial score (nSPS) is 13.2. The molecule has 5 nitrogen and oxygen atoms in total. The van der Waals surface area contributed by atoms with Crippen LogP contribution in [0.5, 0.6) is 0 Å². The van der Waals surface area contributed by atoms with Gasteiger partial charge in [-0.15, -0.1) is 0 Å². The highest BCUT2D eigenvalue weighted by Gasteiger charge is 2.24. The summed E-state index contributed by atoms with van der Waals surface area (Å²) in [5.74, 6) is -0.206. The van der Waals surface area contributed by atoms with Crippen LogP contribution in [-0.2, 0) is 16.0 Å². The lowest BCUT2D eigenvalue weighted by molar-refractivity contribution is -0.137. The van der Waals surface area contributed by atoms with Crippen molar-refractivity contribution >= 4 is 34.7 Å². The van der Waals surface area contributed by atoms with Crippen LogP contribution in [0.15, 0.2) is 54.6 Å². The van der Waals surface area contributed by atoms with Crippen molar-refractivity contribution < 1.29 is 14.3 Å². The zero-order valence-electron chi connectivity index (χ0n) is 16.5. The Morgan fingerprint density at radius 2 is 2.07 bits per heavy atom. The van der Waals surface area contributed by atoms with E-state index in [0.717, 1.165) is 42.0 Å². The number of halogens is 1. The average molecular weight is 413 g/mol. The maximum atomic E-state index is 12.7. The number of Topliss-reactive ketones (excluding diaryl/α,β-unsaturated/α-hetero) is 1. The van der Waals surface area contributed by atoms with Gasteiger partial charge in [-0.3, -0.25) is 4.79 Å². The summed E-state index contributed by atoms with van der Waals surface area (Å²) in [5.41, 5.74) is 3.63. The van der Waals surface area contributed by atoms with Gasteiger partial charge in [0.1, 0.15) is 0 Å². The van der Waals surface area contributed by atoms with Crippen LogP contribution in [0.1, 0.15) is 29.3 Å². The Balaban J connectivity index is 1.67. The smallest absolute Gasteiger partial charge is 0.330 e. The third-order valence-electron chi connectivity index (χ3n) is 4.72. The van der Waals surface area contributed by atoms with E-state index < -0.39 is 0 Å². The molecule has 0 amide bonds. The van der Waals surface area contributed by atoms with Gasteiger partial charge in [0.15, 0.2) is 5.78 Å². The van der Waals surface area contributed by atoms with Crippen molar-refractivity contribution in [1.82, 2.24) is 5.32 Å². The van der Waals surface area contributed by atoms with Crippen molar-refractivity contribution in [3.8, 4) is 0 Å². The van der Waals surface area contributed by atoms with Crippen LogP contribution in [0.4, 0.5) is 11.4 Å². The van der Waals surface area contributed by atoms with Crippen LogP contribution in [0, 0.1) is 0 Å². The second kappa shape index (κ2) is 10.2. The van der Waals surface area contributed by atoms with Crippen molar-refractivity contribution in [2.24, 2.45) is 0 Å². The Morgan fingerprint density at radius 3 is 2.90 bits per heavy atom. The zero-order valence-corrected chi connectivity index (χ0v) is 17.2. The number of fused-ring (bicyclic) bond motifs is 2. The molecule has 0 spiro atoms. The number of carbonyl (C=O) groups excluding carboxylic acids is 2. The largest absolute Gasteiger partial charge is 0.463 e. The Morgan fingerprint density at radius 1 is 1.24 bits per heavy atom. The molecule has 29 heavy (non-hydrogen) atoms. The number of esters is 1. The van der Waals surface area contributed by atoms with Gasteiger partial charge in [-0.2, -0.15) is 0 Å². The van der Waals surface area contributed by atoms with E-state index in [1.165, 1.54) is 6.08 Å². The number of para-hydroxylation sites is 1. The fourth-order valence-electron chi connectivity index (χ4n) is 3.41. The molecular formula is C23H25ClN2O3. The van der Waals surface area contributed by atoms with E-state index in [4.69, 9.17) is 16.3 Å². The summed E-state index contributed by atoms with van der Waals surface area (Å²) in [5, 5.41) is 3.95. The molecule has 1 aliphatic rings. The van der Waals surface area contributed by atoms with Crippen LogP contribution in [0.25, 0.3) is 0 Å². The maximum absolute atomic E-state index is 12.7. The van der Waals surface area contributed by atoms with Gasteiger partial charge < -0.3 is 15.0 Å². The van der Waals surface area contributed by atoms with Gasteiger partial charge in [-0.25, -0.2) is 4.79 Å². The standard InChI is InChI=1S/C23H25ClN2O3/c1-2-29-23(28)9-5-12-25-13-6-14-26-20-8-4-3-7-19(20)22(27)15-17-10-11-18(24)16-21(17)26/h3-5,7-11,16,25H,2,6,12-15H2,1H3/b9-5+. The first kappa shape index (κ1) is 21.1. The molecule has 1 aliphatic heterocycles. The molecule has 0 saturated carbocycles. The number of nitrogens with one attached hydrogen (secondary N) is 1. The number of ether oxygens (including phenoxy) is 1. The van der Waals surface area contributed by atoms with Crippen molar-refractivity contribution in [3.05, 3.63) is 70.8 Å². The highest BCUT2D eigenvalue weighted by atomic mass is 35.5. The molecule has 3 rings (SSSR count). The molecule has 0 unspecified atom stereocenters. The number of carbonyl (C=O) groups is 2. The van der Waals surface area contributed by atoms with Gasteiger partial charge in [-0.1, -0.05) is 35.9 Å². The van der Waals surface area contributed by atoms with E-state index in [1.54, 1.807) is 13.0 Å². The molecule has 2 aromatic rings. The lowest BCUT2D eigenvalue weighted by Gasteiger charge is -2.27. The first-order valence-corrected chi connectivity index (χ1v) is 10.2. The molecule has 6 heteroatoms. The molecule has 0 atom stereocenters. The van der Waals surface area contributed by atoms with Gasteiger partial charge in [0.05, 0.1) is 12.3 Å². The lowest BCUT2D eigenvalue weighted by Crippen LogP contribution is -2.24. The second-order valence-corrected chi connectivity index (χ2v) is 7.19. The summed E-state index contributed by atoms with van der Waals surface area (Å²) in [6.07, 6.45) is 4.43. The minimum absolute atomic E-state index is 0.119. The molecule has 2 aromatic carbocycles. The molecule has 0 radical (unpaired) electrons. The first-order valence-electron chi connectivity index (χ1n) is 9.82. The number of anilines is 2. The summed E-state index contributed by atoms with van der Waals surface area (Å²) in [4.78, 5) is 26.2. The van der Waals surface area contributed by atoms with E-state index in [1.807, 2.05) is 42.5 Å². The Bertz CT molecular complexity index is 911. The maximum Gasteiger partial charge on any atom is 0.330 e. The fourth-order valence-corrected chi connectivity index (χ4v) is 3.58. The molecule has 0 saturated heterocycles. The summed E-state index contributed by atoms with van der Waals surface area (Å²) in [6.45, 7) is 4.27. The zero-order chi connectivity index (χ0) is 20.6. The number of nitrogens with zero attached hydrogens (tertiary/aromatic N) is 1. The monoisotopic (exact) mass is 412 g/mol. The van der Waals surface area contributed by atoms with E-state index in [-0.39, 0.29) is 11.8 Å². The Kier molecular flexibility index (Phi) is 7.44. The highest BCUT2D eigenvalue weighted by molar-refractivity contribution is 6.31. The van der Waals surface area contributed by atoms with Gasteiger partial charge in [0.2, 0.25) is 0 Å². The van der Waals surface area contributed by atoms with Crippen molar-refractivity contribution in [1.29, 1.82) is 0 Å². The van der Waals surface area contributed by atoms with Crippen LogP contribution in [0.3, 0.4) is 0 Å². The molecule has 0 aliphatic carbocycles. The Hall–Kier alpha value is -2.63. The number of rotatable bonds is 8. The van der Waals surface area contributed by atoms with Gasteiger partial charge in [-0.05, 0) is 49.7 Å². The number of hydrogen-bond acceptors (Lipinski definition) is 5. The average Bonchev–Trinajstić information content (AvgIpc) is 2.82. The van der Waals surface area contributed by atoms with E-state index in [2.05, 4.69) is 10.2 Å². The summed E-state index contributed by atoms with van der Waals surface area (Å²) in [6, 6.07) is 13.4. The summed E-state index contributed by atoms with van der Waals surface area (Å²) in [7, 11) is 0. The summed E-state index contributed by atoms with van der Waals surface area (Å²) < 4.78 is 4.85.